The predicted molar refractivity (Wildman–Crippen MR) is 126 cm³/mol. The van der Waals surface area contributed by atoms with Crippen molar-refractivity contribution in [3.05, 3.63) is 105 Å². The average molecular weight is 430 g/mol. The highest BCUT2D eigenvalue weighted by Gasteiger charge is 2.16. The van der Waals surface area contributed by atoms with Gasteiger partial charge in [0.1, 0.15) is 5.65 Å². The van der Waals surface area contributed by atoms with Gasteiger partial charge in [-0.25, -0.2) is 15.0 Å². The summed E-state index contributed by atoms with van der Waals surface area (Å²) in [5.74, 6) is 0. The molecule has 8 heteroatoms. The molecule has 0 amide bonds. The zero-order chi connectivity index (χ0) is 21.8. The minimum atomic E-state index is 0.913. The van der Waals surface area contributed by atoms with Gasteiger partial charge in [-0.1, -0.05) is 0 Å². The summed E-state index contributed by atoms with van der Waals surface area (Å²) in [5, 5.41) is 5.44. The molecule has 8 nitrogen and oxygen atoms in total. The highest BCUT2D eigenvalue weighted by molar-refractivity contribution is 6.08. The maximum atomic E-state index is 4.77. The molecule has 7 aromatic rings. The lowest BCUT2D eigenvalue weighted by atomic mass is 10.1. The number of nitrogens with zero attached hydrogens (tertiary/aromatic N) is 7. The summed E-state index contributed by atoms with van der Waals surface area (Å²) in [4.78, 5) is 13.2. The average Bonchev–Trinajstić information content (AvgIpc) is 3.58. The molecule has 7 rings (SSSR count). The summed E-state index contributed by atoms with van der Waals surface area (Å²) in [7, 11) is 0. The first kappa shape index (κ1) is 17.8. The molecule has 5 aromatic heterocycles. The minimum absolute atomic E-state index is 0.913. The first-order valence-electron chi connectivity index (χ1n) is 10.6. The molecule has 5 heterocycles. The molecule has 0 saturated heterocycles. The summed E-state index contributed by atoms with van der Waals surface area (Å²) >= 11 is 0. The number of nitrogens with one attached hydrogen (secondary N) is 1. The van der Waals surface area contributed by atoms with E-state index < -0.39 is 0 Å². The van der Waals surface area contributed by atoms with Gasteiger partial charge in [0.25, 0.3) is 0 Å². The number of hydrogen-bond acceptors (Lipinski definition) is 3. The highest BCUT2D eigenvalue weighted by atomic mass is 15.3. The smallest absolute Gasteiger partial charge is 0.145 e. The van der Waals surface area contributed by atoms with Gasteiger partial charge >= 0.3 is 0 Å². The quantitative estimate of drug-likeness (QED) is 0.441. The molecule has 0 atom stereocenters. The summed E-state index contributed by atoms with van der Waals surface area (Å²) in [6, 6.07) is 17.0. The van der Waals surface area contributed by atoms with Gasteiger partial charge in [0.15, 0.2) is 0 Å². The van der Waals surface area contributed by atoms with Gasteiger partial charge in [-0.05, 0) is 48.5 Å². The second-order valence-corrected chi connectivity index (χ2v) is 7.87. The molecule has 0 aliphatic carbocycles. The van der Waals surface area contributed by atoms with E-state index in [4.69, 9.17) is 4.98 Å². The van der Waals surface area contributed by atoms with Gasteiger partial charge in [-0.3, -0.25) is 9.25 Å². The van der Waals surface area contributed by atoms with Crippen LogP contribution in [0.2, 0.25) is 0 Å². The molecule has 0 unspecified atom stereocenters. The van der Waals surface area contributed by atoms with Gasteiger partial charge in [-0.2, -0.15) is 0 Å². The Hall–Kier alpha value is -4.85. The van der Waals surface area contributed by atoms with E-state index in [-0.39, 0.29) is 0 Å². The molecule has 0 aliphatic rings. The fourth-order valence-corrected chi connectivity index (χ4v) is 4.39. The Bertz CT molecular complexity index is 1700. The number of hydrogen-bond donors (Lipinski definition) is 1. The zero-order valence-electron chi connectivity index (χ0n) is 17.4. The molecule has 0 spiro atoms. The maximum Gasteiger partial charge on any atom is 0.145 e. The number of imidazole rings is 2. The van der Waals surface area contributed by atoms with E-state index in [2.05, 4.69) is 62.1 Å². The predicted octanol–water partition coefficient (Wildman–Crippen LogP) is 4.67. The van der Waals surface area contributed by atoms with Gasteiger partial charge in [0, 0.05) is 59.8 Å². The lowest BCUT2D eigenvalue weighted by molar-refractivity contribution is 0.783. The van der Waals surface area contributed by atoms with Crippen molar-refractivity contribution >= 4 is 21.9 Å². The monoisotopic (exact) mass is 430 g/mol. The van der Waals surface area contributed by atoms with Crippen molar-refractivity contribution in [3.63, 3.8) is 0 Å². The van der Waals surface area contributed by atoms with Crippen LogP contribution in [0.3, 0.4) is 0 Å². The summed E-state index contributed by atoms with van der Waals surface area (Å²) in [5.41, 5.74) is 6.13. The Morgan fingerprint density at radius 2 is 1.42 bits per heavy atom. The van der Waals surface area contributed by atoms with Crippen molar-refractivity contribution in [3.8, 4) is 22.7 Å². The Morgan fingerprint density at radius 1 is 0.667 bits per heavy atom. The lowest BCUT2D eigenvalue weighted by Gasteiger charge is -2.16. The molecular weight excluding hydrogens is 412 g/mol. The third kappa shape index (κ3) is 2.74. The van der Waals surface area contributed by atoms with Crippen LogP contribution in [0, 0.1) is 0 Å². The van der Waals surface area contributed by atoms with Crippen molar-refractivity contribution in [2.45, 2.75) is 0 Å². The van der Waals surface area contributed by atoms with Crippen LogP contribution in [-0.4, -0.2) is 38.4 Å². The van der Waals surface area contributed by atoms with Gasteiger partial charge in [0.05, 0.1) is 35.2 Å². The van der Waals surface area contributed by atoms with E-state index in [1.807, 2.05) is 63.5 Å². The second kappa shape index (κ2) is 6.83. The normalized spacial score (nSPS) is 11.6. The summed E-state index contributed by atoms with van der Waals surface area (Å²) in [6.07, 6.45) is 16.8. The van der Waals surface area contributed by atoms with Crippen LogP contribution in [0.15, 0.2) is 105 Å². The number of pyridine rings is 1. The van der Waals surface area contributed by atoms with Gasteiger partial charge < -0.3 is 14.2 Å². The third-order valence-electron chi connectivity index (χ3n) is 5.98. The number of H-pyrrole nitrogens is 1. The van der Waals surface area contributed by atoms with Crippen molar-refractivity contribution in [1.29, 1.82) is 0 Å². The van der Waals surface area contributed by atoms with Crippen LogP contribution in [0.1, 0.15) is 0 Å². The van der Waals surface area contributed by atoms with Crippen LogP contribution in [0.5, 0.6) is 0 Å². The number of rotatable bonds is 4. The summed E-state index contributed by atoms with van der Waals surface area (Å²) < 4.78 is 8.23. The van der Waals surface area contributed by atoms with Crippen molar-refractivity contribution in [2.75, 3.05) is 0 Å². The van der Waals surface area contributed by atoms with Crippen LogP contribution >= 0.6 is 0 Å². The largest absolute Gasteiger partial charge is 0.306 e. The van der Waals surface area contributed by atoms with Crippen LogP contribution in [-0.2, 0) is 0 Å². The Balaban J connectivity index is 1.53. The fraction of sp³-hybridized carbons (Fsp3) is 0. The SMILES string of the molecule is c1cnc2c(c1)c1cc(-n3ccnc3)ccc1n2-c1cc(-n2ccnc2)cc(-n2cc[nH]2)c1. The number of aromatic amines is 1. The fourth-order valence-electron chi connectivity index (χ4n) is 4.39. The molecule has 33 heavy (non-hydrogen) atoms. The minimum Gasteiger partial charge on any atom is -0.306 e. The molecular formula is C25H18N8. The lowest BCUT2D eigenvalue weighted by Crippen LogP contribution is -2.06. The molecule has 0 saturated carbocycles. The van der Waals surface area contributed by atoms with E-state index in [1.54, 1.807) is 12.4 Å². The van der Waals surface area contributed by atoms with Crippen molar-refractivity contribution in [1.82, 2.24) is 38.4 Å². The van der Waals surface area contributed by atoms with Gasteiger partial charge in [0.2, 0.25) is 0 Å². The van der Waals surface area contributed by atoms with Crippen LogP contribution < -0.4 is 0 Å². The first-order chi connectivity index (χ1) is 16.3. The molecule has 158 valence electrons. The van der Waals surface area contributed by atoms with Crippen LogP contribution in [0.4, 0.5) is 0 Å². The van der Waals surface area contributed by atoms with E-state index in [1.165, 1.54) is 0 Å². The van der Waals surface area contributed by atoms with Crippen LogP contribution in [0.25, 0.3) is 44.7 Å². The molecule has 2 aromatic carbocycles. The second-order valence-electron chi connectivity index (χ2n) is 7.87. The molecule has 0 radical (unpaired) electrons. The molecule has 0 aliphatic heterocycles. The van der Waals surface area contributed by atoms with Crippen molar-refractivity contribution < 1.29 is 0 Å². The number of aromatic nitrogens is 8. The Labute approximate surface area is 188 Å². The number of fused-ring (bicyclic) bond motifs is 3. The topological polar surface area (TPSA) is 74.2 Å². The highest BCUT2D eigenvalue weighted by Crippen LogP contribution is 2.33. The standard InChI is InChI=1S/C25H18N8/c1-2-22-23-15-18(30-9-6-26-16-30)3-4-24(23)33(25(22)28-5-1)21-13-19(31-10-7-27-17-31)12-20(14-21)32-11-8-29-32/h1-17,29H. The van der Waals surface area contributed by atoms with E-state index >= 15 is 0 Å². The zero-order valence-corrected chi connectivity index (χ0v) is 17.4. The third-order valence-corrected chi connectivity index (χ3v) is 5.98. The van der Waals surface area contributed by atoms with Gasteiger partial charge in [-0.15, -0.1) is 0 Å². The van der Waals surface area contributed by atoms with E-state index in [0.29, 0.717) is 0 Å². The summed E-state index contributed by atoms with van der Waals surface area (Å²) in [6.45, 7) is 0. The Morgan fingerprint density at radius 3 is 2.15 bits per heavy atom. The molecule has 1 N–H and O–H groups in total. The number of benzene rings is 2. The van der Waals surface area contributed by atoms with Crippen molar-refractivity contribution in [2.24, 2.45) is 0 Å². The van der Waals surface area contributed by atoms with E-state index in [0.717, 1.165) is 44.7 Å². The Kier molecular flexibility index (Phi) is 3.68. The first-order valence-corrected chi connectivity index (χ1v) is 10.6. The maximum absolute atomic E-state index is 4.77. The molecule has 0 fully saturated rings. The molecule has 0 bridgehead atoms. The van der Waals surface area contributed by atoms with E-state index in [9.17, 15) is 0 Å².